The summed E-state index contributed by atoms with van der Waals surface area (Å²) in [5.41, 5.74) is 5.13. The highest BCUT2D eigenvalue weighted by atomic mass is 31.2. The minimum Gasteiger partial charge on any atom is -0.547 e. The van der Waals surface area contributed by atoms with Gasteiger partial charge in [0.25, 0.3) is 0 Å². The Labute approximate surface area is 82.3 Å². The molecule has 0 aromatic heterocycles. The Morgan fingerprint density at radius 2 is 2.00 bits per heavy atom. The van der Waals surface area contributed by atoms with E-state index in [9.17, 15) is 14.5 Å². The topological polar surface area (TPSA) is 124 Å². The van der Waals surface area contributed by atoms with Gasteiger partial charge in [0.2, 0.25) is 0 Å². The molecule has 0 aromatic carbocycles. The number of carbonyl (C=O) groups excluding carboxylic acids is 1. The Morgan fingerprint density at radius 3 is 2.29 bits per heavy atom. The molecule has 7 heteroatoms. The molecular formula is C7H15NO5P-. The average Bonchev–Trinajstić information content (AvgIpc) is 2.02. The lowest BCUT2D eigenvalue weighted by molar-refractivity contribution is -0.310. The van der Waals surface area contributed by atoms with E-state index < -0.39 is 18.8 Å². The predicted molar refractivity (Wildman–Crippen MR) is 48.1 cm³/mol. The van der Waals surface area contributed by atoms with Crippen molar-refractivity contribution in [2.24, 2.45) is 5.73 Å². The fourth-order valence-electron chi connectivity index (χ4n) is 1.01. The summed E-state index contributed by atoms with van der Waals surface area (Å²) in [6.07, 6.45) is 1.57. The van der Waals surface area contributed by atoms with Crippen molar-refractivity contribution in [3.05, 3.63) is 0 Å². The van der Waals surface area contributed by atoms with Crippen molar-refractivity contribution in [1.82, 2.24) is 0 Å². The van der Waals surface area contributed by atoms with E-state index >= 15 is 0 Å². The molecule has 0 spiro atoms. The van der Waals surface area contributed by atoms with Gasteiger partial charge in [-0.25, -0.2) is 0 Å². The van der Waals surface area contributed by atoms with E-state index in [4.69, 9.17) is 15.5 Å². The van der Waals surface area contributed by atoms with Crippen LogP contribution in [0.15, 0.2) is 0 Å². The molecule has 0 aliphatic carbocycles. The molecule has 6 nitrogen and oxygen atoms in total. The van der Waals surface area contributed by atoms with E-state index in [-0.39, 0.29) is 6.42 Å². The molecule has 84 valence electrons. The maximum Gasteiger partial charge on any atom is 0.350 e. The second-order valence-corrected chi connectivity index (χ2v) is 5.10. The van der Waals surface area contributed by atoms with E-state index in [0.29, 0.717) is 12.8 Å². The minimum absolute atomic E-state index is 0.270. The van der Waals surface area contributed by atoms with E-state index in [2.05, 4.69) is 0 Å². The Hall–Kier alpha value is -0.420. The summed E-state index contributed by atoms with van der Waals surface area (Å²) in [5, 5.41) is 7.99. The smallest absolute Gasteiger partial charge is 0.350 e. The number of carbonyl (C=O) groups is 1. The second-order valence-electron chi connectivity index (χ2n) is 3.21. The first-order chi connectivity index (χ1) is 6.25. The number of nitrogens with two attached hydrogens (primary N) is 1. The Balaban J connectivity index is 4.59. The lowest BCUT2D eigenvalue weighted by Crippen LogP contribution is -2.54. The van der Waals surface area contributed by atoms with Gasteiger partial charge in [0, 0.05) is 0 Å². The lowest BCUT2D eigenvalue weighted by Gasteiger charge is -2.30. The van der Waals surface area contributed by atoms with Gasteiger partial charge >= 0.3 is 7.60 Å². The third kappa shape index (κ3) is 3.06. The van der Waals surface area contributed by atoms with E-state index in [0.717, 1.165) is 6.42 Å². The first-order valence-corrected chi connectivity index (χ1v) is 5.93. The van der Waals surface area contributed by atoms with Crippen LogP contribution in [0.3, 0.4) is 0 Å². The standard InChI is InChI=1S/C7H16NO5P/c1-2-3-4-5-7(8,6(9)10)14(11,12)13/h2-5,8H2,1H3,(H,9,10)(H2,11,12,13)/p-1. The summed E-state index contributed by atoms with van der Waals surface area (Å²) in [7, 11) is -4.87. The van der Waals surface area contributed by atoms with Crippen LogP contribution in [0.1, 0.15) is 32.6 Å². The number of rotatable bonds is 6. The van der Waals surface area contributed by atoms with Crippen molar-refractivity contribution in [3.63, 3.8) is 0 Å². The molecule has 1 atom stereocenters. The molecule has 14 heavy (non-hydrogen) atoms. The summed E-state index contributed by atoms with van der Waals surface area (Å²) >= 11 is 0. The van der Waals surface area contributed by atoms with Crippen LogP contribution in [-0.2, 0) is 9.36 Å². The van der Waals surface area contributed by atoms with Crippen molar-refractivity contribution in [1.29, 1.82) is 0 Å². The van der Waals surface area contributed by atoms with Crippen LogP contribution in [0, 0.1) is 0 Å². The molecule has 0 aliphatic rings. The SMILES string of the molecule is CCCCCC(N)(C(=O)[O-])P(=O)(O)O. The highest BCUT2D eigenvalue weighted by Gasteiger charge is 2.44. The predicted octanol–water partition coefficient (Wildman–Crippen LogP) is -0.851. The number of hydrogen-bond acceptors (Lipinski definition) is 4. The van der Waals surface area contributed by atoms with Gasteiger partial charge in [0.1, 0.15) is 0 Å². The van der Waals surface area contributed by atoms with Crippen molar-refractivity contribution in [3.8, 4) is 0 Å². The number of hydrogen-bond donors (Lipinski definition) is 3. The Morgan fingerprint density at radius 1 is 1.50 bits per heavy atom. The number of carboxylic acid groups (broad SMARTS) is 1. The monoisotopic (exact) mass is 224 g/mol. The van der Waals surface area contributed by atoms with Gasteiger partial charge in [-0.15, -0.1) is 0 Å². The van der Waals surface area contributed by atoms with Gasteiger partial charge in [-0.2, -0.15) is 0 Å². The molecule has 0 rings (SSSR count). The third-order valence-electron chi connectivity index (χ3n) is 2.03. The van der Waals surface area contributed by atoms with Crippen molar-refractivity contribution < 1.29 is 24.3 Å². The molecule has 0 heterocycles. The van der Waals surface area contributed by atoms with Gasteiger partial charge < -0.3 is 25.4 Å². The molecule has 0 aliphatic heterocycles. The summed E-state index contributed by atoms with van der Waals surface area (Å²) in [6.45, 7) is 1.88. The fraction of sp³-hybridized carbons (Fsp3) is 0.857. The molecule has 0 radical (unpaired) electrons. The molecular weight excluding hydrogens is 209 g/mol. The first kappa shape index (κ1) is 13.6. The zero-order valence-electron chi connectivity index (χ0n) is 7.97. The molecule has 0 aromatic rings. The molecule has 1 unspecified atom stereocenters. The highest BCUT2D eigenvalue weighted by Crippen LogP contribution is 2.49. The molecule has 0 saturated carbocycles. The third-order valence-corrected chi connectivity index (χ3v) is 3.48. The average molecular weight is 224 g/mol. The van der Waals surface area contributed by atoms with Crippen LogP contribution in [0.25, 0.3) is 0 Å². The highest BCUT2D eigenvalue weighted by molar-refractivity contribution is 7.54. The quantitative estimate of drug-likeness (QED) is 0.398. The van der Waals surface area contributed by atoms with Gasteiger partial charge in [-0.3, -0.25) is 4.57 Å². The normalized spacial score (nSPS) is 16.3. The van der Waals surface area contributed by atoms with Crippen LogP contribution in [0.5, 0.6) is 0 Å². The van der Waals surface area contributed by atoms with Crippen molar-refractivity contribution in [2.75, 3.05) is 0 Å². The van der Waals surface area contributed by atoms with E-state index in [1.54, 1.807) is 0 Å². The van der Waals surface area contributed by atoms with Gasteiger partial charge in [0.15, 0.2) is 5.28 Å². The van der Waals surface area contributed by atoms with Gasteiger partial charge in [0.05, 0.1) is 5.97 Å². The van der Waals surface area contributed by atoms with Crippen molar-refractivity contribution >= 4 is 13.6 Å². The second kappa shape index (κ2) is 4.89. The molecule has 0 bridgehead atoms. The van der Waals surface area contributed by atoms with Crippen LogP contribution >= 0.6 is 7.60 Å². The first-order valence-electron chi connectivity index (χ1n) is 4.31. The van der Waals surface area contributed by atoms with Crippen LogP contribution in [0.2, 0.25) is 0 Å². The molecule has 4 N–H and O–H groups in total. The summed E-state index contributed by atoms with van der Waals surface area (Å²) in [6, 6.07) is 0. The Kier molecular flexibility index (Phi) is 4.74. The Bertz CT molecular complexity index is 250. The van der Waals surface area contributed by atoms with Crippen LogP contribution in [-0.4, -0.2) is 21.0 Å². The number of unbranched alkanes of at least 4 members (excludes halogenated alkanes) is 2. The van der Waals surface area contributed by atoms with E-state index in [1.165, 1.54) is 0 Å². The molecule has 0 fully saturated rings. The minimum atomic E-state index is -4.87. The van der Waals surface area contributed by atoms with Gasteiger partial charge in [-0.05, 0) is 6.42 Å². The zero-order chi connectivity index (χ0) is 11.4. The number of aliphatic carboxylic acids is 1. The molecule has 0 saturated heterocycles. The van der Waals surface area contributed by atoms with Gasteiger partial charge in [-0.1, -0.05) is 26.2 Å². The van der Waals surface area contributed by atoms with Crippen LogP contribution < -0.4 is 10.8 Å². The maximum atomic E-state index is 10.8. The van der Waals surface area contributed by atoms with Crippen LogP contribution in [0.4, 0.5) is 0 Å². The van der Waals surface area contributed by atoms with Crippen molar-refractivity contribution in [2.45, 2.75) is 37.9 Å². The fourth-order valence-corrected chi connectivity index (χ4v) is 1.70. The number of carboxylic acids is 1. The zero-order valence-corrected chi connectivity index (χ0v) is 8.87. The summed E-state index contributed by atoms with van der Waals surface area (Å²) < 4.78 is 10.8. The summed E-state index contributed by atoms with van der Waals surface area (Å²) in [4.78, 5) is 28.1. The lowest BCUT2D eigenvalue weighted by atomic mass is 10.1. The van der Waals surface area contributed by atoms with E-state index in [1.807, 2.05) is 6.92 Å². The molecule has 0 amide bonds. The maximum absolute atomic E-state index is 10.8. The largest absolute Gasteiger partial charge is 0.547 e. The summed E-state index contributed by atoms with van der Waals surface area (Å²) in [5.74, 6) is -1.90.